The third-order valence-corrected chi connectivity index (χ3v) is 3.29. The lowest BCUT2D eigenvalue weighted by molar-refractivity contribution is -0.384. The molecule has 0 aliphatic carbocycles. The number of benzene rings is 2. The van der Waals surface area contributed by atoms with Gasteiger partial charge in [0.15, 0.2) is 0 Å². The summed E-state index contributed by atoms with van der Waals surface area (Å²) in [4.78, 5) is 10.1. The molecule has 0 amide bonds. The van der Waals surface area contributed by atoms with E-state index in [1.54, 1.807) is 0 Å². The van der Waals surface area contributed by atoms with Gasteiger partial charge in [0, 0.05) is 16.7 Å². The fourth-order valence-electron chi connectivity index (χ4n) is 1.79. The zero-order chi connectivity index (χ0) is 15.8. The van der Waals surface area contributed by atoms with E-state index in [1.165, 1.54) is 18.2 Å². The second-order valence-electron chi connectivity index (χ2n) is 4.11. The van der Waals surface area contributed by atoms with Gasteiger partial charge in [-0.3, -0.25) is 10.1 Å². The molecule has 0 heterocycles. The summed E-state index contributed by atoms with van der Waals surface area (Å²) < 4.78 is 37.9. The summed E-state index contributed by atoms with van der Waals surface area (Å²) in [5.74, 6) is 0. The van der Waals surface area contributed by atoms with Gasteiger partial charge in [0.2, 0.25) is 0 Å². The van der Waals surface area contributed by atoms with E-state index in [1.807, 2.05) is 0 Å². The van der Waals surface area contributed by atoms with Crippen LogP contribution in [0.4, 0.5) is 18.9 Å². The fraction of sp³-hybridized carbons (Fsp3) is 0.0769. The summed E-state index contributed by atoms with van der Waals surface area (Å²) in [6.07, 6.45) is -4.66. The van der Waals surface area contributed by atoms with Crippen molar-refractivity contribution < 1.29 is 18.1 Å². The molecular formula is C13H6Cl2F3NO2. The molecule has 2 aromatic carbocycles. The molecule has 0 aromatic heterocycles. The Bertz CT molecular complexity index is 717. The maximum Gasteiger partial charge on any atom is 0.416 e. The Balaban J connectivity index is 2.66. The van der Waals surface area contributed by atoms with Crippen LogP contribution in [-0.4, -0.2) is 4.92 Å². The molecule has 2 aromatic rings. The van der Waals surface area contributed by atoms with Gasteiger partial charge in [-0.05, 0) is 24.3 Å². The Morgan fingerprint density at radius 2 is 1.62 bits per heavy atom. The Morgan fingerprint density at radius 1 is 1.00 bits per heavy atom. The van der Waals surface area contributed by atoms with Crippen molar-refractivity contribution in [3.63, 3.8) is 0 Å². The van der Waals surface area contributed by atoms with Crippen molar-refractivity contribution in [2.45, 2.75) is 6.18 Å². The Morgan fingerprint density at radius 3 is 2.14 bits per heavy atom. The predicted molar refractivity (Wildman–Crippen MR) is 73.6 cm³/mol. The SMILES string of the molecule is O=[N+]([O-])c1cc(C(F)(F)F)ccc1-c1ccc(Cl)cc1Cl. The van der Waals surface area contributed by atoms with Gasteiger partial charge in [-0.2, -0.15) is 13.2 Å². The summed E-state index contributed by atoms with van der Waals surface area (Å²) in [6.45, 7) is 0. The summed E-state index contributed by atoms with van der Waals surface area (Å²) in [7, 11) is 0. The Hall–Kier alpha value is -1.79. The van der Waals surface area contributed by atoms with Crippen LogP contribution in [0.5, 0.6) is 0 Å². The molecule has 0 saturated heterocycles. The lowest BCUT2D eigenvalue weighted by Crippen LogP contribution is -2.06. The Labute approximate surface area is 127 Å². The molecule has 0 unspecified atom stereocenters. The molecule has 0 aliphatic rings. The first kappa shape index (κ1) is 15.6. The number of hydrogen-bond acceptors (Lipinski definition) is 2. The minimum absolute atomic E-state index is 0.00494. The van der Waals surface area contributed by atoms with Crippen LogP contribution in [-0.2, 0) is 6.18 Å². The van der Waals surface area contributed by atoms with Gasteiger partial charge in [-0.1, -0.05) is 29.3 Å². The van der Waals surface area contributed by atoms with Crippen LogP contribution >= 0.6 is 23.2 Å². The van der Waals surface area contributed by atoms with E-state index in [9.17, 15) is 23.3 Å². The molecule has 0 N–H and O–H groups in total. The third kappa shape index (κ3) is 3.28. The molecule has 0 fully saturated rings. The van der Waals surface area contributed by atoms with Crippen LogP contribution < -0.4 is 0 Å². The van der Waals surface area contributed by atoms with Crippen molar-refractivity contribution in [3.8, 4) is 11.1 Å². The van der Waals surface area contributed by atoms with E-state index in [0.29, 0.717) is 11.1 Å². The Kier molecular flexibility index (Phi) is 4.11. The first-order valence-corrected chi connectivity index (χ1v) is 6.27. The molecule has 110 valence electrons. The molecule has 2 rings (SSSR count). The van der Waals surface area contributed by atoms with Gasteiger partial charge in [-0.25, -0.2) is 0 Å². The van der Waals surface area contributed by atoms with Gasteiger partial charge < -0.3 is 0 Å². The molecule has 3 nitrogen and oxygen atoms in total. The zero-order valence-corrected chi connectivity index (χ0v) is 11.6. The molecule has 0 aliphatic heterocycles. The summed E-state index contributed by atoms with van der Waals surface area (Å²) in [6, 6.07) is 6.51. The average molecular weight is 336 g/mol. The van der Waals surface area contributed by atoms with Gasteiger partial charge in [0.05, 0.1) is 21.1 Å². The maximum atomic E-state index is 12.6. The lowest BCUT2D eigenvalue weighted by Gasteiger charge is -2.10. The van der Waals surface area contributed by atoms with E-state index in [-0.39, 0.29) is 16.1 Å². The van der Waals surface area contributed by atoms with E-state index in [4.69, 9.17) is 23.2 Å². The van der Waals surface area contributed by atoms with Crippen molar-refractivity contribution in [2.24, 2.45) is 0 Å². The van der Waals surface area contributed by atoms with Crippen LogP contribution in [0.15, 0.2) is 36.4 Å². The van der Waals surface area contributed by atoms with Crippen LogP contribution in [0.3, 0.4) is 0 Å². The monoisotopic (exact) mass is 335 g/mol. The van der Waals surface area contributed by atoms with Gasteiger partial charge in [-0.15, -0.1) is 0 Å². The molecule has 0 saturated carbocycles. The van der Waals surface area contributed by atoms with E-state index in [0.717, 1.165) is 12.1 Å². The second-order valence-corrected chi connectivity index (χ2v) is 4.95. The highest BCUT2D eigenvalue weighted by atomic mass is 35.5. The normalized spacial score (nSPS) is 11.5. The fourth-order valence-corrected chi connectivity index (χ4v) is 2.30. The van der Waals surface area contributed by atoms with E-state index in [2.05, 4.69) is 0 Å². The standard InChI is InChI=1S/C13H6Cl2F3NO2/c14-8-2-4-9(11(15)6-8)10-3-1-7(13(16,17)18)5-12(10)19(20)21/h1-6H. The highest BCUT2D eigenvalue weighted by Crippen LogP contribution is 2.39. The summed E-state index contributed by atoms with van der Waals surface area (Å²) >= 11 is 11.7. The quantitative estimate of drug-likeness (QED) is 0.530. The van der Waals surface area contributed by atoms with Crippen LogP contribution in [0, 0.1) is 10.1 Å². The van der Waals surface area contributed by atoms with E-state index < -0.39 is 22.4 Å². The van der Waals surface area contributed by atoms with Crippen molar-refractivity contribution >= 4 is 28.9 Å². The molecule has 0 spiro atoms. The van der Waals surface area contributed by atoms with Gasteiger partial charge in [0.1, 0.15) is 0 Å². The zero-order valence-electron chi connectivity index (χ0n) is 10.1. The highest BCUT2D eigenvalue weighted by Gasteiger charge is 2.33. The molecule has 0 bridgehead atoms. The van der Waals surface area contributed by atoms with E-state index >= 15 is 0 Å². The molecule has 0 radical (unpaired) electrons. The lowest BCUT2D eigenvalue weighted by atomic mass is 10.0. The first-order chi connectivity index (χ1) is 9.70. The minimum atomic E-state index is -4.66. The number of nitro benzene ring substituents is 1. The van der Waals surface area contributed by atoms with Gasteiger partial charge in [0.25, 0.3) is 5.69 Å². The second kappa shape index (κ2) is 5.54. The number of nitrogens with zero attached hydrogens (tertiary/aromatic N) is 1. The predicted octanol–water partition coefficient (Wildman–Crippen LogP) is 5.59. The maximum absolute atomic E-state index is 12.6. The number of rotatable bonds is 2. The summed E-state index contributed by atoms with van der Waals surface area (Å²) in [5.41, 5.74) is -1.53. The van der Waals surface area contributed by atoms with Crippen LogP contribution in [0.1, 0.15) is 5.56 Å². The highest BCUT2D eigenvalue weighted by molar-refractivity contribution is 6.36. The average Bonchev–Trinajstić information content (AvgIpc) is 2.37. The minimum Gasteiger partial charge on any atom is -0.258 e. The number of alkyl halides is 3. The van der Waals surface area contributed by atoms with Crippen molar-refractivity contribution in [1.29, 1.82) is 0 Å². The number of halogens is 5. The third-order valence-electron chi connectivity index (χ3n) is 2.74. The molecular weight excluding hydrogens is 330 g/mol. The van der Waals surface area contributed by atoms with Gasteiger partial charge >= 0.3 is 6.18 Å². The largest absolute Gasteiger partial charge is 0.416 e. The van der Waals surface area contributed by atoms with Crippen molar-refractivity contribution in [1.82, 2.24) is 0 Å². The number of nitro groups is 1. The van der Waals surface area contributed by atoms with Crippen LogP contribution in [0.25, 0.3) is 11.1 Å². The van der Waals surface area contributed by atoms with Crippen LogP contribution in [0.2, 0.25) is 10.0 Å². The summed E-state index contributed by atoms with van der Waals surface area (Å²) in [5, 5.41) is 11.5. The molecule has 21 heavy (non-hydrogen) atoms. The topological polar surface area (TPSA) is 43.1 Å². The molecule has 8 heteroatoms. The van der Waals surface area contributed by atoms with Crippen molar-refractivity contribution in [3.05, 3.63) is 62.1 Å². The molecule has 0 atom stereocenters. The first-order valence-electron chi connectivity index (χ1n) is 5.51. The van der Waals surface area contributed by atoms with Crippen molar-refractivity contribution in [2.75, 3.05) is 0 Å². The number of hydrogen-bond donors (Lipinski definition) is 0. The smallest absolute Gasteiger partial charge is 0.258 e.